The second-order valence-electron chi connectivity index (χ2n) is 5.24. The van der Waals surface area contributed by atoms with Crippen LogP contribution in [0.2, 0.25) is 0 Å². The van der Waals surface area contributed by atoms with Gasteiger partial charge < -0.3 is 4.74 Å². The number of rotatable bonds is 8. The van der Waals surface area contributed by atoms with Gasteiger partial charge >= 0.3 is 5.97 Å². The fourth-order valence-electron chi connectivity index (χ4n) is 1.77. The average Bonchev–Trinajstić information content (AvgIpc) is 2.39. The zero-order chi connectivity index (χ0) is 14.8. The Labute approximate surface area is 122 Å². The molecule has 1 aromatic rings. The number of hydrogen-bond acceptors (Lipinski definition) is 2. The third-order valence-corrected chi connectivity index (χ3v) is 2.96. The van der Waals surface area contributed by atoms with Crippen molar-refractivity contribution >= 4 is 5.97 Å². The van der Waals surface area contributed by atoms with E-state index in [-0.39, 0.29) is 5.97 Å². The van der Waals surface area contributed by atoms with Gasteiger partial charge in [0.1, 0.15) is 0 Å². The Morgan fingerprint density at radius 2 is 2.05 bits per heavy atom. The number of esters is 1. The van der Waals surface area contributed by atoms with Crippen molar-refractivity contribution in [2.45, 2.75) is 33.1 Å². The van der Waals surface area contributed by atoms with E-state index in [2.05, 4.69) is 25.7 Å². The van der Waals surface area contributed by atoms with Crippen LogP contribution >= 0.6 is 0 Å². The molecule has 0 saturated carbocycles. The van der Waals surface area contributed by atoms with E-state index in [1.807, 2.05) is 37.3 Å². The molecule has 0 saturated heterocycles. The largest absolute Gasteiger partial charge is 0.465 e. The van der Waals surface area contributed by atoms with Crippen LogP contribution in [0.15, 0.2) is 54.6 Å². The Kier molecular flexibility index (Phi) is 7.41. The monoisotopic (exact) mass is 272 g/mol. The van der Waals surface area contributed by atoms with Gasteiger partial charge in [-0.3, -0.25) is 4.79 Å². The van der Waals surface area contributed by atoms with Crippen LogP contribution < -0.4 is 0 Å². The SMILES string of the molecule is C=C(C)C/C=C/C(C)CCOC(=O)Cc1ccccc1. The summed E-state index contributed by atoms with van der Waals surface area (Å²) in [6.45, 7) is 8.47. The third-order valence-electron chi connectivity index (χ3n) is 2.96. The van der Waals surface area contributed by atoms with Gasteiger partial charge in [-0.15, -0.1) is 0 Å². The van der Waals surface area contributed by atoms with Crippen LogP contribution in [0.25, 0.3) is 0 Å². The fraction of sp³-hybridized carbons (Fsp3) is 0.389. The zero-order valence-electron chi connectivity index (χ0n) is 12.5. The molecule has 0 spiro atoms. The summed E-state index contributed by atoms with van der Waals surface area (Å²) in [5, 5.41) is 0. The van der Waals surface area contributed by atoms with E-state index in [4.69, 9.17) is 4.74 Å². The van der Waals surface area contributed by atoms with Crippen molar-refractivity contribution in [2.24, 2.45) is 5.92 Å². The number of allylic oxidation sites excluding steroid dienone is 3. The highest BCUT2D eigenvalue weighted by molar-refractivity contribution is 5.72. The molecular formula is C18H24O2. The van der Waals surface area contributed by atoms with Crippen molar-refractivity contribution in [3.8, 4) is 0 Å². The van der Waals surface area contributed by atoms with Crippen molar-refractivity contribution in [1.29, 1.82) is 0 Å². The Hall–Kier alpha value is -1.83. The van der Waals surface area contributed by atoms with E-state index >= 15 is 0 Å². The van der Waals surface area contributed by atoms with E-state index in [1.165, 1.54) is 0 Å². The van der Waals surface area contributed by atoms with E-state index in [1.54, 1.807) is 0 Å². The summed E-state index contributed by atoms with van der Waals surface area (Å²) in [5.41, 5.74) is 2.15. The lowest BCUT2D eigenvalue weighted by Crippen LogP contribution is -2.10. The lowest BCUT2D eigenvalue weighted by atomic mass is 10.1. The van der Waals surface area contributed by atoms with E-state index in [0.717, 1.165) is 24.0 Å². The van der Waals surface area contributed by atoms with Crippen molar-refractivity contribution in [3.05, 3.63) is 60.2 Å². The molecule has 0 aromatic heterocycles. The summed E-state index contributed by atoms with van der Waals surface area (Å²) < 4.78 is 5.25. The summed E-state index contributed by atoms with van der Waals surface area (Å²) in [7, 11) is 0. The molecule has 0 aliphatic heterocycles. The quantitative estimate of drug-likeness (QED) is 0.520. The molecule has 2 nitrogen and oxygen atoms in total. The number of carbonyl (C=O) groups excluding carboxylic acids is 1. The van der Waals surface area contributed by atoms with Crippen molar-refractivity contribution in [3.63, 3.8) is 0 Å². The van der Waals surface area contributed by atoms with Gasteiger partial charge in [0, 0.05) is 0 Å². The highest BCUT2D eigenvalue weighted by atomic mass is 16.5. The lowest BCUT2D eigenvalue weighted by molar-refractivity contribution is -0.143. The first kappa shape index (κ1) is 16.2. The van der Waals surface area contributed by atoms with Gasteiger partial charge in [0.2, 0.25) is 0 Å². The molecule has 108 valence electrons. The van der Waals surface area contributed by atoms with E-state index < -0.39 is 0 Å². The Morgan fingerprint density at radius 1 is 1.35 bits per heavy atom. The lowest BCUT2D eigenvalue weighted by Gasteiger charge is -2.08. The Morgan fingerprint density at radius 3 is 2.70 bits per heavy atom. The van der Waals surface area contributed by atoms with Crippen LogP contribution in [0.5, 0.6) is 0 Å². The topological polar surface area (TPSA) is 26.3 Å². The summed E-state index contributed by atoms with van der Waals surface area (Å²) in [6, 6.07) is 9.66. The predicted octanol–water partition coefficient (Wildman–Crippen LogP) is 4.32. The molecule has 0 heterocycles. The molecule has 2 heteroatoms. The van der Waals surface area contributed by atoms with E-state index in [9.17, 15) is 4.79 Å². The highest BCUT2D eigenvalue weighted by Gasteiger charge is 2.05. The molecule has 1 atom stereocenters. The van der Waals surface area contributed by atoms with Crippen LogP contribution in [0.1, 0.15) is 32.3 Å². The third kappa shape index (κ3) is 7.57. The smallest absolute Gasteiger partial charge is 0.310 e. The van der Waals surface area contributed by atoms with Gasteiger partial charge in [0.15, 0.2) is 0 Å². The molecule has 0 radical (unpaired) electrons. The molecule has 1 unspecified atom stereocenters. The summed E-state index contributed by atoms with van der Waals surface area (Å²) in [5.74, 6) is 0.258. The van der Waals surface area contributed by atoms with Gasteiger partial charge in [-0.25, -0.2) is 0 Å². The normalized spacial score (nSPS) is 12.3. The van der Waals surface area contributed by atoms with Crippen LogP contribution in [-0.4, -0.2) is 12.6 Å². The van der Waals surface area contributed by atoms with Crippen molar-refractivity contribution < 1.29 is 9.53 Å². The van der Waals surface area contributed by atoms with Crippen molar-refractivity contribution in [1.82, 2.24) is 0 Å². The summed E-state index contributed by atoms with van der Waals surface area (Å²) in [6.07, 6.45) is 6.39. The van der Waals surface area contributed by atoms with Crippen LogP contribution in [0, 0.1) is 5.92 Å². The predicted molar refractivity (Wildman–Crippen MR) is 83.5 cm³/mol. The second kappa shape index (κ2) is 9.13. The Bertz CT molecular complexity index is 446. The van der Waals surface area contributed by atoms with Gasteiger partial charge in [-0.2, -0.15) is 0 Å². The molecule has 1 aromatic carbocycles. The molecule has 0 aliphatic rings. The number of benzene rings is 1. The minimum atomic E-state index is -0.158. The first-order valence-corrected chi connectivity index (χ1v) is 7.08. The Balaban J connectivity index is 2.18. The molecule has 1 rings (SSSR count). The zero-order valence-corrected chi connectivity index (χ0v) is 12.5. The highest BCUT2D eigenvalue weighted by Crippen LogP contribution is 2.07. The van der Waals surface area contributed by atoms with Crippen LogP contribution in [-0.2, 0) is 16.0 Å². The molecule has 0 fully saturated rings. The van der Waals surface area contributed by atoms with E-state index in [0.29, 0.717) is 18.9 Å². The second-order valence-corrected chi connectivity index (χ2v) is 5.24. The first-order chi connectivity index (χ1) is 9.58. The van der Waals surface area contributed by atoms with Gasteiger partial charge in [0.05, 0.1) is 13.0 Å². The average molecular weight is 272 g/mol. The van der Waals surface area contributed by atoms with Gasteiger partial charge in [0.25, 0.3) is 0 Å². The fourth-order valence-corrected chi connectivity index (χ4v) is 1.77. The molecule has 0 bridgehead atoms. The maximum absolute atomic E-state index is 11.6. The van der Waals surface area contributed by atoms with Crippen LogP contribution in [0.4, 0.5) is 0 Å². The summed E-state index contributed by atoms with van der Waals surface area (Å²) in [4.78, 5) is 11.6. The number of ether oxygens (including phenoxy) is 1. The maximum Gasteiger partial charge on any atom is 0.310 e. The molecule has 0 amide bonds. The van der Waals surface area contributed by atoms with Crippen LogP contribution in [0.3, 0.4) is 0 Å². The summed E-state index contributed by atoms with van der Waals surface area (Å²) >= 11 is 0. The molecular weight excluding hydrogens is 248 g/mol. The minimum absolute atomic E-state index is 0.158. The number of carbonyl (C=O) groups is 1. The van der Waals surface area contributed by atoms with Gasteiger partial charge in [-0.1, -0.05) is 61.6 Å². The van der Waals surface area contributed by atoms with Gasteiger partial charge in [-0.05, 0) is 31.2 Å². The van der Waals surface area contributed by atoms with Crippen molar-refractivity contribution in [2.75, 3.05) is 6.61 Å². The maximum atomic E-state index is 11.6. The minimum Gasteiger partial charge on any atom is -0.465 e. The first-order valence-electron chi connectivity index (χ1n) is 7.08. The molecule has 0 aliphatic carbocycles. The molecule has 20 heavy (non-hydrogen) atoms. The standard InChI is InChI=1S/C18H24O2/c1-15(2)8-7-9-16(3)12-13-20-18(19)14-17-10-5-4-6-11-17/h4-7,9-11,16H,1,8,12-14H2,2-3H3/b9-7+. The molecule has 0 N–H and O–H groups in total. The number of hydrogen-bond donors (Lipinski definition) is 0.